The summed E-state index contributed by atoms with van der Waals surface area (Å²) >= 11 is 6.40. The molecule has 4 rings (SSSR count). The predicted molar refractivity (Wildman–Crippen MR) is 147 cm³/mol. The zero-order valence-electron chi connectivity index (χ0n) is 22.3. The number of amides is 2. The third kappa shape index (κ3) is 6.52. The summed E-state index contributed by atoms with van der Waals surface area (Å²) in [6, 6.07) is 16.2. The number of methoxy groups -OCH3 is 1. The molecule has 3 aromatic rings. The van der Waals surface area contributed by atoms with Crippen molar-refractivity contribution in [2.45, 2.75) is 45.9 Å². The maximum absolute atomic E-state index is 14.1. The number of para-hydroxylation sites is 1. The van der Waals surface area contributed by atoms with Gasteiger partial charge in [-0.3, -0.25) is 9.59 Å². The van der Waals surface area contributed by atoms with E-state index in [0.717, 1.165) is 0 Å². The number of ether oxygens (including phenoxy) is 2. The Morgan fingerprint density at radius 2 is 1.87 bits per heavy atom. The number of carbonyl (C=O) groups excluding carboxylic acids is 2. The molecule has 0 saturated carbocycles. The van der Waals surface area contributed by atoms with Crippen molar-refractivity contribution >= 4 is 29.1 Å². The topological polar surface area (TPSA) is 88.1 Å². The fraction of sp³-hybridized carbons (Fsp3) is 0.333. The van der Waals surface area contributed by atoms with Crippen LogP contribution in [-0.2, 0) is 20.9 Å². The first kappa shape index (κ1) is 28.4. The van der Waals surface area contributed by atoms with E-state index < -0.39 is 29.8 Å². The molecule has 0 fully saturated rings. The van der Waals surface area contributed by atoms with Crippen LogP contribution in [0.1, 0.15) is 50.0 Å². The van der Waals surface area contributed by atoms with Crippen LogP contribution in [0, 0.1) is 11.2 Å². The van der Waals surface area contributed by atoms with Crippen LogP contribution < -0.4 is 15.0 Å². The SMILES string of the molecule is COc1c(O)cccc1C1OC(CC(=O)NCc2ccccc2F)C(=O)N(CC(C)(C)C)c2ccc(Cl)cc21. The Balaban J connectivity index is 1.75. The molecule has 0 bridgehead atoms. The van der Waals surface area contributed by atoms with Crippen LogP contribution in [-0.4, -0.2) is 36.7 Å². The average molecular weight is 555 g/mol. The van der Waals surface area contributed by atoms with E-state index in [-0.39, 0.29) is 29.9 Å². The summed E-state index contributed by atoms with van der Waals surface area (Å²) < 4.78 is 26.0. The maximum atomic E-state index is 14.1. The summed E-state index contributed by atoms with van der Waals surface area (Å²) in [5.41, 5.74) is 1.70. The number of fused-ring (bicyclic) bond motifs is 1. The van der Waals surface area contributed by atoms with Gasteiger partial charge in [-0.2, -0.15) is 0 Å². The molecular weight excluding hydrogens is 523 g/mol. The Labute approximate surface area is 232 Å². The van der Waals surface area contributed by atoms with Gasteiger partial charge in [0.15, 0.2) is 11.5 Å². The van der Waals surface area contributed by atoms with Crippen molar-refractivity contribution in [1.82, 2.24) is 5.32 Å². The number of nitrogens with one attached hydrogen (secondary N) is 1. The molecule has 2 atom stereocenters. The standard InChI is InChI=1S/C30H32ClFN2O5/c1-30(2,3)17-34-23-13-12-19(31)14-21(23)27(20-9-7-11-24(35)28(20)38-4)39-25(29(34)37)15-26(36)33-16-18-8-5-6-10-22(18)32/h5-14,25,27,35H,15-17H2,1-4H3,(H,33,36). The molecule has 1 heterocycles. The number of nitrogens with zero attached hydrogens (tertiary/aromatic N) is 1. The Morgan fingerprint density at radius 1 is 1.13 bits per heavy atom. The number of phenols is 1. The van der Waals surface area contributed by atoms with Crippen LogP contribution >= 0.6 is 11.6 Å². The van der Waals surface area contributed by atoms with E-state index in [1.165, 1.54) is 19.2 Å². The Morgan fingerprint density at radius 3 is 2.56 bits per heavy atom. The number of hydrogen-bond donors (Lipinski definition) is 2. The lowest BCUT2D eigenvalue weighted by Gasteiger charge is -2.31. The highest BCUT2D eigenvalue weighted by atomic mass is 35.5. The van der Waals surface area contributed by atoms with Gasteiger partial charge in [-0.25, -0.2) is 4.39 Å². The first-order chi connectivity index (χ1) is 18.5. The molecule has 3 aromatic carbocycles. The van der Waals surface area contributed by atoms with Gasteiger partial charge in [0.1, 0.15) is 18.0 Å². The fourth-order valence-electron chi connectivity index (χ4n) is 4.63. The Hall–Kier alpha value is -3.62. The molecule has 2 unspecified atom stereocenters. The van der Waals surface area contributed by atoms with Crippen molar-refractivity contribution in [3.8, 4) is 11.5 Å². The van der Waals surface area contributed by atoms with Gasteiger partial charge in [-0.15, -0.1) is 0 Å². The van der Waals surface area contributed by atoms with Crippen molar-refractivity contribution < 1.29 is 28.6 Å². The molecule has 0 saturated heterocycles. The quantitative estimate of drug-likeness (QED) is 0.387. The second kappa shape index (κ2) is 11.6. The second-order valence-electron chi connectivity index (χ2n) is 10.7. The van der Waals surface area contributed by atoms with Crippen LogP contribution in [0.4, 0.5) is 10.1 Å². The van der Waals surface area contributed by atoms with E-state index in [2.05, 4.69) is 5.32 Å². The van der Waals surface area contributed by atoms with E-state index in [0.29, 0.717) is 33.9 Å². The summed E-state index contributed by atoms with van der Waals surface area (Å²) in [4.78, 5) is 28.6. The van der Waals surface area contributed by atoms with Gasteiger partial charge in [0, 0.05) is 40.5 Å². The van der Waals surface area contributed by atoms with Crippen molar-refractivity contribution in [2.24, 2.45) is 5.41 Å². The molecule has 0 spiro atoms. The molecule has 9 heteroatoms. The predicted octanol–water partition coefficient (Wildman–Crippen LogP) is 5.77. The van der Waals surface area contributed by atoms with Crippen LogP contribution in [0.5, 0.6) is 11.5 Å². The Kier molecular flexibility index (Phi) is 8.47. The molecule has 39 heavy (non-hydrogen) atoms. The summed E-state index contributed by atoms with van der Waals surface area (Å²) in [6.45, 7) is 6.34. The smallest absolute Gasteiger partial charge is 0.256 e. The van der Waals surface area contributed by atoms with E-state index in [1.54, 1.807) is 53.4 Å². The van der Waals surface area contributed by atoms with E-state index >= 15 is 0 Å². The zero-order valence-corrected chi connectivity index (χ0v) is 23.1. The van der Waals surface area contributed by atoms with Gasteiger partial charge in [-0.1, -0.05) is 62.7 Å². The van der Waals surface area contributed by atoms with Gasteiger partial charge in [-0.05, 0) is 35.7 Å². The first-order valence-electron chi connectivity index (χ1n) is 12.6. The monoisotopic (exact) mass is 554 g/mol. The van der Waals surface area contributed by atoms with Gasteiger partial charge in [0.2, 0.25) is 5.91 Å². The highest BCUT2D eigenvalue weighted by molar-refractivity contribution is 6.30. The number of rotatable bonds is 7. The number of aromatic hydroxyl groups is 1. The highest BCUT2D eigenvalue weighted by Gasteiger charge is 2.40. The molecule has 1 aliphatic rings. The van der Waals surface area contributed by atoms with Gasteiger partial charge in [0.25, 0.3) is 5.91 Å². The molecule has 0 aromatic heterocycles. The number of anilines is 1. The minimum Gasteiger partial charge on any atom is -0.504 e. The minimum absolute atomic E-state index is 0.0300. The second-order valence-corrected chi connectivity index (χ2v) is 11.1. The van der Waals surface area contributed by atoms with Gasteiger partial charge >= 0.3 is 0 Å². The maximum Gasteiger partial charge on any atom is 0.256 e. The van der Waals surface area contributed by atoms with Crippen molar-refractivity contribution in [3.05, 3.63) is 88.2 Å². The first-order valence-corrected chi connectivity index (χ1v) is 13.0. The largest absolute Gasteiger partial charge is 0.504 e. The normalized spacial score (nSPS) is 17.4. The zero-order chi connectivity index (χ0) is 28.3. The van der Waals surface area contributed by atoms with E-state index in [1.807, 2.05) is 20.8 Å². The molecule has 2 N–H and O–H groups in total. The van der Waals surface area contributed by atoms with Crippen molar-refractivity contribution in [2.75, 3.05) is 18.6 Å². The lowest BCUT2D eigenvalue weighted by Crippen LogP contribution is -2.45. The summed E-state index contributed by atoms with van der Waals surface area (Å²) in [7, 11) is 1.43. The minimum atomic E-state index is -1.18. The van der Waals surface area contributed by atoms with Crippen molar-refractivity contribution in [3.63, 3.8) is 0 Å². The van der Waals surface area contributed by atoms with E-state index in [4.69, 9.17) is 21.1 Å². The summed E-state index contributed by atoms with van der Waals surface area (Å²) in [5, 5.41) is 13.6. The van der Waals surface area contributed by atoms with Crippen LogP contribution in [0.2, 0.25) is 5.02 Å². The van der Waals surface area contributed by atoms with Crippen molar-refractivity contribution in [1.29, 1.82) is 0 Å². The van der Waals surface area contributed by atoms with Crippen LogP contribution in [0.15, 0.2) is 60.7 Å². The van der Waals surface area contributed by atoms with Crippen LogP contribution in [0.3, 0.4) is 0 Å². The average Bonchev–Trinajstić information content (AvgIpc) is 2.97. The number of halogens is 2. The molecule has 7 nitrogen and oxygen atoms in total. The van der Waals surface area contributed by atoms with Gasteiger partial charge in [0.05, 0.1) is 13.5 Å². The number of hydrogen-bond acceptors (Lipinski definition) is 5. The number of phenolic OH excluding ortho intramolecular Hbond substituents is 1. The third-order valence-electron chi connectivity index (χ3n) is 6.35. The Bertz CT molecular complexity index is 1370. The number of benzene rings is 3. The van der Waals surface area contributed by atoms with Gasteiger partial charge < -0.3 is 24.8 Å². The lowest BCUT2D eigenvalue weighted by molar-refractivity contribution is -0.138. The summed E-state index contributed by atoms with van der Waals surface area (Å²) in [6.07, 6.45) is -2.37. The lowest BCUT2D eigenvalue weighted by atomic mass is 9.94. The van der Waals surface area contributed by atoms with E-state index in [9.17, 15) is 19.1 Å². The molecule has 0 aliphatic carbocycles. The number of carbonyl (C=O) groups is 2. The highest BCUT2D eigenvalue weighted by Crippen LogP contribution is 2.45. The molecule has 206 valence electrons. The summed E-state index contributed by atoms with van der Waals surface area (Å²) in [5.74, 6) is -1.20. The molecule has 2 amide bonds. The molecule has 1 aliphatic heterocycles. The molecular formula is C30H32ClFN2O5. The fourth-order valence-corrected chi connectivity index (χ4v) is 4.81. The third-order valence-corrected chi connectivity index (χ3v) is 6.59. The molecule has 0 radical (unpaired) electrons. The van der Waals surface area contributed by atoms with Crippen LogP contribution in [0.25, 0.3) is 0 Å².